The Labute approximate surface area is 206 Å². The molecule has 0 spiro atoms. The summed E-state index contributed by atoms with van der Waals surface area (Å²) in [6.45, 7) is 9.02. The second-order valence-electron chi connectivity index (χ2n) is 10.1. The summed E-state index contributed by atoms with van der Waals surface area (Å²) in [5, 5.41) is 5.76. The number of hydrogen-bond acceptors (Lipinski definition) is 5. The van der Waals surface area contributed by atoms with Crippen molar-refractivity contribution in [2.75, 3.05) is 10.6 Å². The third kappa shape index (κ3) is 3.84. The molecule has 5 rings (SSSR count). The first-order valence-corrected chi connectivity index (χ1v) is 11.4. The number of amides is 2. The Morgan fingerprint density at radius 2 is 1.75 bits per heavy atom. The highest BCUT2D eigenvalue weighted by Crippen LogP contribution is 2.43. The number of pyridine rings is 1. The van der Waals surface area contributed by atoms with E-state index >= 15 is 0 Å². The monoisotopic (exact) mass is 493 g/mol. The molecule has 0 unspecified atom stereocenters. The lowest BCUT2D eigenvalue weighted by molar-refractivity contribution is -0.286. The summed E-state index contributed by atoms with van der Waals surface area (Å²) in [6, 6.07) is 13.6. The predicted molar refractivity (Wildman–Crippen MR) is 130 cm³/mol. The van der Waals surface area contributed by atoms with Crippen molar-refractivity contribution in [3.8, 4) is 22.8 Å². The van der Waals surface area contributed by atoms with Gasteiger partial charge in [0, 0.05) is 11.3 Å². The second kappa shape index (κ2) is 7.74. The number of carbonyl (C=O) groups is 2. The molecule has 2 aromatic carbocycles. The molecule has 3 aromatic rings. The molecule has 36 heavy (non-hydrogen) atoms. The van der Waals surface area contributed by atoms with Gasteiger partial charge in [0.1, 0.15) is 5.82 Å². The van der Waals surface area contributed by atoms with Gasteiger partial charge >= 0.3 is 6.29 Å². The highest BCUT2D eigenvalue weighted by molar-refractivity contribution is 6.06. The van der Waals surface area contributed by atoms with Crippen LogP contribution in [0.3, 0.4) is 0 Å². The summed E-state index contributed by atoms with van der Waals surface area (Å²) in [5.74, 6) is -0.307. The van der Waals surface area contributed by atoms with E-state index in [0.29, 0.717) is 17.1 Å². The fourth-order valence-corrected chi connectivity index (χ4v) is 4.37. The predicted octanol–water partition coefficient (Wildman–Crippen LogP) is 5.52. The molecule has 1 aromatic heterocycles. The van der Waals surface area contributed by atoms with Crippen LogP contribution < -0.4 is 20.1 Å². The van der Waals surface area contributed by atoms with E-state index in [-0.39, 0.29) is 23.3 Å². The summed E-state index contributed by atoms with van der Waals surface area (Å²) >= 11 is 0. The molecule has 0 saturated heterocycles. The van der Waals surface area contributed by atoms with Crippen molar-refractivity contribution in [3.05, 3.63) is 65.2 Å². The van der Waals surface area contributed by atoms with E-state index in [9.17, 15) is 18.4 Å². The van der Waals surface area contributed by atoms with Gasteiger partial charge in [0.15, 0.2) is 11.5 Å². The molecule has 0 fully saturated rings. The van der Waals surface area contributed by atoms with Gasteiger partial charge in [0.25, 0.3) is 0 Å². The smallest absolute Gasteiger partial charge is 0.395 e. The van der Waals surface area contributed by atoms with Gasteiger partial charge < -0.3 is 20.1 Å². The molecule has 2 amide bonds. The molecule has 2 N–H and O–H groups in total. The van der Waals surface area contributed by atoms with E-state index in [1.165, 1.54) is 12.1 Å². The first-order valence-electron chi connectivity index (χ1n) is 11.4. The van der Waals surface area contributed by atoms with Crippen LogP contribution in [0.2, 0.25) is 0 Å². The molecule has 0 radical (unpaired) electrons. The Bertz CT molecular complexity index is 1430. The highest BCUT2D eigenvalue weighted by Gasteiger charge is 2.44. The van der Waals surface area contributed by atoms with Crippen LogP contribution in [0.15, 0.2) is 48.5 Å². The van der Waals surface area contributed by atoms with E-state index in [1.54, 1.807) is 26.0 Å². The Morgan fingerprint density at radius 1 is 1.03 bits per heavy atom. The lowest BCUT2D eigenvalue weighted by Gasteiger charge is -2.24. The van der Waals surface area contributed by atoms with E-state index in [4.69, 9.17) is 0 Å². The third-order valence-electron chi connectivity index (χ3n) is 6.81. The number of anilines is 2. The lowest BCUT2D eigenvalue weighted by Crippen LogP contribution is -2.35. The van der Waals surface area contributed by atoms with Gasteiger partial charge in [-0.05, 0) is 75.6 Å². The number of nitrogens with one attached hydrogen (secondary N) is 2. The number of aryl methyl sites for hydroxylation is 1. The maximum Gasteiger partial charge on any atom is 0.586 e. The summed E-state index contributed by atoms with van der Waals surface area (Å²) in [5.41, 5.74) is 2.80. The zero-order chi connectivity index (χ0) is 26.0. The molecule has 9 heteroatoms. The number of benzene rings is 2. The van der Waals surface area contributed by atoms with Crippen molar-refractivity contribution in [3.63, 3.8) is 0 Å². The minimum atomic E-state index is -3.73. The Kier molecular flexibility index (Phi) is 5.10. The van der Waals surface area contributed by atoms with Crippen molar-refractivity contribution < 1.29 is 27.8 Å². The third-order valence-corrected chi connectivity index (χ3v) is 6.81. The van der Waals surface area contributed by atoms with Gasteiger partial charge in [0.2, 0.25) is 11.8 Å². The Morgan fingerprint density at radius 3 is 2.50 bits per heavy atom. The largest absolute Gasteiger partial charge is 0.586 e. The molecule has 0 bridgehead atoms. The topological polar surface area (TPSA) is 89.6 Å². The van der Waals surface area contributed by atoms with Crippen LogP contribution in [0.1, 0.15) is 44.4 Å². The molecule has 0 atom stereocenters. The van der Waals surface area contributed by atoms with Crippen LogP contribution in [-0.4, -0.2) is 23.1 Å². The molecule has 0 aliphatic carbocycles. The fourth-order valence-electron chi connectivity index (χ4n) is 4.37. The summed E-state index contributed by atoms with van der Waals surface area (Å²) in [4.78, 5) is 30.2. The van der Waals surface area contributed by atoms with Gasteiger partial charge in [-0.25, -0.2) is 4.98 Å². The number of alkyl halides is 2. The summed E-state index contributed by atoms with van der Waals surface area (Å²) in [7, 11) is 0. The van der Waals surface area contributed by atoms with Crippen LogP contribution in [0.25, 0.3) is 11.3 Å². The minimum absolute atomic E-state index is 0.0604. The van der Waals surface area contributed by atoms with Crippen molar-refractivity contribution >= 4 is 23.3 Å². The standard InChI is InChI=1S/C27H25F2N3O4/c1-14-6-11-21(31-22(14)15-7-9-17-18(12-15)30-24(34)26(17,4)5)32-23(33)25(2,3)16-8-10-19-20(13-16)36-27(28,29)35-19/h6-13H,1-5H3,(H,30,34)(H,31,32,33). The van der Waals surface area contributed by atoms with Crippen LogP contribution >= 0.6 is 0 Å². The number of hydrogen-bond donors (Lipinski definition) is 2. The molecule has 186 valence electrons. The quantitative estimate of drug-likeness (QED) is 0.499. The molecule has 3 heterocycles. The number of ether oxygens (including phenoxy) is 2. The van der Waals surface area contributed by atoms with Crippen molar-refractivity contribution in [1.82, 2.24) is 4.98 Å². The number of aromatic nitrogens is 1. The van der Waals surface area contributed by atoms with Gasteiger partial charge in [-0.15, -0.1) is 8.78 Å². The summed E-state index contributed by atoms with van der Waals surface area (Å²) in [6.07, 6.45) is -3.73. The molecule has 0 saturated carbocycles. The van der Waals surface area contributed by atoms with Crippen LogP contribution in [-0.2, 0) is 20.4 Å². The van der Waals surface area contributed by atoms with E-state index < -0.39 is 17.1 Å². The highest BCUT2D eigenvalue weighted by atomic mass is 19.3. The van der Waals surface area contributed by atoms with Crippen molar-refractivity contribution in [2.24, 2.45) is 0 Å². The van der Waals surface area contributed by atoms with Gasteiger partial charge in [-0.3, -0.25) is 9.59 Å². The van der Waals surface area contributed by atoms with Crippen LogP contribution in [0.4, 0.5) is 20.3 Å². The number of halogens is 2. The SMILES string of the molecule is Cc1ccc(NC(=O)C(C)(C)c2ccc3c(c2)OC(F)(F)O3)nc1-c1ccc2c(c1)NC(=O)C2(C)C. The molecular formula is C27H25F2N3O4. The maximum atomic E-state index is 13.4. The first kappa shape index (κ1) is 23.7. The van der Waals surface area contributed by atoms with E-state index in [1.807, 2.05) is 45.0 Å². The Hall–Kier alpha value is -4.01. The van der Waals surface area contributed by atoms with Gasteiger partial charge in [-0.1, -0.05) is 24.3 Å². The number of rotatable bonds is 4. The Balaban J connectivity index is 1.40. The fraction of sp³-hybridized carbons (Fsp3) is 0.296. The maximum absolute atomic E-state index is 13.4. The zero-order valence-corrected chi connectivity index (χ0v) is 20.5. The summed E-state index contributed by atoms with van der Waals surface area (Å²) < 4.78 is 35.8. The average molecular weight is 494 g/mol. The lowest BCUT2D eigenvalue weighted by atomic mass is 9.83. The molecule has 7 nitrogen and oxygen atoms in total. The molecule has 2 aliphatic rings. The second-order valence-corrected chi connectivity index (χ2v) is 10.1. The minimum Gasteiger partial charge on any atom is -0.395 e. The first-order chi connectivity index (χ1) is 16.8. The van der Waals surface area contributed by atoms with E-state index in [2.05, 4.69) is 25.1 Å². The number of fused-ring (bicyclic) bond motifs is 2. The van der Waals surface area contributed by atoms with Crippen LogP contribution in [0, 0.1) is 6.92 Å². The molecule has 2 aliphatic heterocycles. The van der Waals surface area contributed by atoms with Crippen molar-refractivity contribution in [1.29, 1.82) is 0 Å². The normalized spacial score (nSPS) is 16.9. The molecular weight excluding hydrogens is 468 g/mol. The van der Waals surface area contributed by atoms with Gasteiger partial charge in [-0.2, -0.15) is 0 Å². The average Bonchev–Trinajstić information content (AvgIpc) is 3.24. The number of carbonyl (C=O) groups excluding carboxylic acids is 2. The van der Waals surface area contributed by atoms with Crippen molar-refractivity contribution in [2.45, 2.75) is 51.7 Å². The van der Waals surface area contributed by atoms with Gasteiger partial charge in [0.05, 0.1) is 16.5 Å². The number of nitrogens with zero attached hydrogens (tertiary/aromatic N) is 1. The van der Waals surface area contributed by atoms with Crippen LogP contribution in [0.5, 0.6) is 11.5 Å². The zero-order valence-electron chi connectivity index (χ0n) is 20.5. The van der Waals surface area contributed by atoms with E-state index in [0.717, 1.165) is 22.4 Å².